The van der Waals surface area contributed by atoms with Crippen LogP contribution in [0.1, 0.15) is 22.7 Å². The van der Waals surface area contributed by atoms with E-state index < -0.39 is 0 Å². The van der Waals surface area contributed by atoms with E-state index in [1.54, 1.807) is 7.11 Å². The van der Waals surface area contributed by atoms with E-state index in [1.165, 1.54) is 5.56 Å². The van der Waals surface area contributed by atoms with Gasteiger partial charge in [0.05, 0.1) is 12.6 Å². The predicted molar refractivity (Wildman–Crippen MR) is 82.2 cm³/mol. The van der Waals surface area contributed by atoms with Crippen molar-refractivity contribution in [2.75, 3.05) is 13.7 Å². The summed E-state index contributed by atoms with van der Waals surface area (Å²) in [6.45, 7) is 0.747. The van der Waals surface area contributed by atoms with Gasteiger partial charge in [0.1, 0.15) is 0 Å². The molecule has 1 atom stereocenters. The minimum absolute atomic E-state index is 0.0889. The molecule has 0 saturated heterocycles. The summed E-state index contributed by atoms with van der Waals surface area (Å²) in [4.78, 5) is 0. The molecule has 0 spiro atoms. The van der Waals surface area contributed by atoms with Crippen molar-refractivity contribution in [3.05, 3.63) is 69.7 Å². The van der Waals surface area contributed by atoms with Crippen LogP contribution in [0, 0.1) is 0 Å². The van der Waals surface area contributed by atoms with Gasteiger partial charge in [-0.15, -0.1) is 0 Å². The van der Waals surface area contributed by atoms with Gasteiger partial charge < -0.3 is 10.5 Å². The van der Waals surface area contributed by atoms with E-state index in [9.17, 15) is 0 Å². The molecule has 0 aliphatic carbocycles. The molecular weight excluding hydrogens is 302 g/mol. The Bertz CT molecular complexity index is 525. The fourth-order valence-corrected chi connectivity index (χ4v) is 2.42. The molecule has 0 aliphatic heterocycles. The Kier molecular flexibility index (Phi) is 5.14. The van der Waals surface area contributed by atoms with Crippen LogP contribution in [0.5, 0.6) is 0 Å². The molecule has 0 aromatic heterocycles. The molecule has 0 amide bonds. The summed E-state index contributed by atoms with van der Waals surface area (Å²) in [5.41, 5.74) is 9.79. The van der Waals surface area contributed by atoms with Crippen molar-refractivity contribution in [2.45, 2.75) is 12.5 Å². The fourth-order valence-electron chi connectivity index (χ4n) is 2.00. The van der Waals surface area contributed by atoms with Crippen LogP contribution in [0.25, 0.3) is 0 Å². The van der Waals surface area contributed by atoms with Gasteiger partial charge in [-0.2, -0.15) is 0 Å². The Morgan fingerprint density at radius 3 is 2.47 bits per heavy atom. The first-order chi connectivity index (χ1) is 9.20. The third-order valence-corrected chi connectivity index (χ3v) is 3.63. The lowest BCUT2D eigenvalue weighted by molar-refractivity contribution is 0.202. The van der Waals surface area contributed by atoms with Crippen LogP contribution in [0.3, 0.4) is 0 Å². The Labute approximate surface area is 122 Å². The normalized spacial score (nSPS) is 12.4. The first-order valence-corrected chi connectivity index (χ1v) is 7.09. The van der Waals surface area contributed by atoms with E-state index in [2.05, 4.69) is 46.3 Å². The predicted octanol–water partition coefficient (Wildman–Crippen LogP) is 3.69. The number of methoxy groups -OCH3 is 1. The largest absolute Gasteiger partial charge is 0.384 e. The summed E-state index contributed by atoms with van der Waals surface area (Å²) in [7, 11) is 1.72. The molecule has 1 unspecified atom stereocenters. The van der Waals surface area contributed by atoms with E-state index in [4.69, 9.17) is 10.5 Å². The Hall–Kier alpha value is -1.16. The van der Waals surface area contributed by atoms with Gasteiger partial charge in [0.2, 0.25) is 0 Å². The summed E-state index contributed by atoms with van der Waals surface area (Å²) in [6, 6.07) is 16.5. The maximum atomic E-state index is 6.29. The van der Waals surface area contributed by atoms with Crippen LogP contribution in [0.2, 0.25) is 0 Å². The van der Waals surface area contributed by atoms with E-state index in [0.717, 1.165) is 28.6 Å². The highest BCUT2D eigenvalue weighted by Crippen LogP contribution is 2.22. The number of ether oxygens (including phenoxy) is 1. The average molecular weight is 320 g/mol. The number of halogens is 1. The van der Waals surface area contributed by atoms with Gasteiger partial charge in [-0.25, -0.2) is 0 Å². The van der Waals surface area contributed by atoms with E-state index in [1.807, 2.05) is 18.2 Å². The monoisotopic (exact) mass is 319 g/mol. The highest BCUT2D eigenvalue weighted by molar-refractivity contribution is 9.10. The quantitative estimate of drug-likeness (QED) is 0.912. The zero-order valence-corrected chi connectivity index (χ0v) is 12.6. The van der Waals surface area contributed by atoms with E-state index in [0.29, 0.717) is 0 Å². The second kappa shape index (κ2) is 6.85. The molecule has 19 heavy (non-hydrogen) atoms. The van der Waals surface area contributed by atoms with Crippen LogP contribution in [-0.2, 0) is 11.2 Å². The number of benzene rings is 2. The highest BCUT2D eigenvalue weighted by atomic mass is 79.9. The molecule has 2 rings (SSSR count). The molecule has 0 bridgehead atoms. The summed E-state index contributed by atoms with van der Waals surface area (Å²) in [5, 5.41) is 0. The summed E-state index contributed by atoms with van der Waals surface area (Å²) in [5.74, 6) is 0. The third kappa shape index (κ3) is 3.90. The van der Waals surface area contributed by atoms with Gasteiger partial charge in [0, 0.05) is 11.6 Å². The van der Waals surface area contributed by atoms with Crippen LogP contribution in [0.15, 0.2) is 53.0 Å². The summed E-state index contributed by atoms with van der Waals surface area (Å²) in [6.07, 6.45) is 0.933. The number of rotatable bonds is 5. The molecule has 100 valence electrons. The van der Waals surface area contributed by atoms with E-state index >= 15 is 0 Å². The van der Waals surface area contributed by atoms with Crippen LogP contribution < -0.4 is 5.73 Å². The number of hydrogen-bond acceptors (Lipinski definition) is 2. The van der Waals surface area contributed by atoms with Crippen molar-refractivity contribution in [3.8, 4) is 0 Å². The molecule has 0 aliphatic rings. The maximum Gasteiger partial charge on any atom is 0.0552 e. The second-order valence-corrected chi connectivity index (χ2v) is 5.43. The minimum Gasteiger partial charge on any atom is -0.384 e. The molecule has 0 radical (unpaired) electrons. The maximum absolute atomic E-state index is 6.29. The molecule has 0 saturated carbocycles. The molecule has 0 fully saturated rings. The molecule has 2 aromatic rings. The highest BCUT2D eigenvalue weighted by Gasteiger charge is 2.08. The number of hydrogen-bond donors (Lipinski definition) is 1. The minimum atomic E-state index is -0.0889. The zero-order valence-electron chi connectivity index (χ0n) is 11.0. The Morgan fingerprint density at radius 2 is 1.84 bits per heavy atom. The van der Waals surface area contributed by atoms with Crippen molar-refractivity contribution in [2.24, 2.45) is 5.73 Å². The molecule has 2 nitrogen and oxygen atoms in total. The molecular formula is C16H18BrNO. The lowest BCUT2D eigenvalue weighted by Crippen LogP contribution is -2.11. The van der Waals surface area contributed by atoms with Gasteiger partial charge in [-0.05, 0) is 35.2 Å². The Morgan fingerprint density at radius 1 is 1.11 bits per heavy atom. The van der Waals surface area contributed by atoms with Gasteiger partial charge in [-0.3, -0.25) is 0 Å². The molecule has 0 heterocycles. The van der Waals surface area contributed by atoms with Gasteiger partial charge in [-0.1, -0.05) is 52.3 Å². The Balaban J connectivity index is 2.13. The fraction of sp³-hybridized carbons (Fsp3) is 0.250. The number of nitrogens with two attached hydrogens (primary N) is 1. The standard InChI is InChI=1S/C16H18BrNO/c1-19-10-9-12-5-7-13(8-6-12)16(18)14-3-2-4-15(17)11-14/h2-8,11,16H,9-10,18H2,1H3. The first kappa shape index (κ1) is 14.3. The zero-order chi connectivity index (χ0) is 13.7. The van der Waals surface area contributed by atoms with Crippen molar-refractivity contribution < 1.29 is 4.74 Å². The SMILES string of the molecule is COCCc1ccc(C(N)c2cccc(Br)c2)cc1. The summed E-state index contributed by atoms with van der Waals surface area (Å²) >= 11 is 3.47. The van der Waals surface area contributed by atoms with Crippen molar-refractivity contribution in [3.63, 3.8) is 0 Å². The van der Waals surface area contributed by atoms with Crippen LogP contribution in [0.4, 0.5) is 0 Å². The van der Waals surface area contributed by atoms with Crippen molar-refractivity contribution >= 4 is 15.9 Å². The van der Waals surface area contributed by atoms with Gasteiger partial charge in [0.15, 0.2) is 0 Å². The third-order valence-electron chi connectivity index (χ3n) is 3.14. The lowest BCUT2D eigenvalue weighted by atomic mass is 9.98. The smallest absolute Gasteiger partial charge is 0.0552 e. The van der Waals surface area contributed by atoms with Crippen LogP contribution >= 0.6 is 15.9 Å². The molecule has 2 aromatic carbocycles. The average Bonchev–Trinajstić information content (AvgIpc) is 2.45. The lowest BCUT2D eigenvalue weighted by Gasteiger charge is -2.13. The van der Waals surface area contributed by atoms with Crippen molar-refractivity contribution in [1.82, 2.24) is 0 Å². The van der Waals surface area contributed by atoms with Crippen molar-refractivity contribution in [1.29, 1.82) is 0 Å². The first-order valence-electron chi connectivity index (χ1n) is 6.29. The van der Waals surface area contributed by atoms with Gasteiger partial charge in [0.25, 0.3) is 0 Å². The molecule has 3 heteroatoms. The van der Waals surface area contributed by atoms with Gasteiger partial charge >= 0.3 is 0 Å². The second-order valence-electron chi connectivity index (χ2n) is 4.52. The van der Waals surface area contributed by atoms with E-state index in [-0.39, 0.29) is 6.04 Å². The topological polar surface area (TPSA) is 35.2 Å². The molecule has 2 N–H and O–H groups in total. The van der Waals surface area contributed by atoms with Crippen LogP contribution in [-0.4, -0.2) is 13.7 Å². The summed E-state index contributed by atoms with van der Waals surface area (Å²) < 4.78 is 6.13.